The van der Waals surface area contributed by atoms with Crippen molar-refractivity contribution in [1.29, 1.82) is 0 Å². The lowest BCUT2D eigenvalue weighted by molar-refractivity contribution is 0.171. The minimum atomic E-state index is -0.278. The molecule has 0 fully saturated rings. The zero-order valence-electron chi connectivity index (χ0n) is 5.04. The molecule has 0 bridgehead atoms. The molecule has 0 aliphatic rings. The minimum Gasteiger partial charge on any atom is -0.396 e. The molecule has 0 unspecified atom stereocenters. The van der Waals surface area contributed by atoms with Crippen molar-refractivity contribution in [3.8, 4) is 0 Å². The Morgan fingerprint density at radius 2 is 1.88 bits per heavy atom. The van der Waals surface area contributed by atoms with E-state index in [-0.39, 0.29) is 25.2 Å². The summed E-state index contributed by atoms with van der Waals surface area (Å²) >= 11 is 0. The van der Waals surface area contributed by atoms with Crippen LogP contribution in [0.4, 0.5) is 0 Å². The Kier molecular flexibility index (Phi) is 3.77. The van der Waals surface area contributed by atoms with E-state index >= 15 is 0 Å². The van der Waals surface area contributed by atoms with Crippen molar-refractivity contribution in [2.24, 2.45) is 11.7 Å². The largest absolute Gasteiger partial charge is 0.396 e. The third-order valence-electron chi connectivity index (χ3n) is 1.23. The summed E-state index contributed by atoms with van der Waals surface area (Å²) in [5, 5.41) is 16.8. The zero-order chi connectivity index (χ0) is 6.57. The molecule has 0 aromatic carbocycles. The molecule has 0 saturated carbocycles. The standard InChI is InChI=1S/C5H13NO2/c1-4(2-7)5(6)3-8/h4-5,7-8H,2-3,6H2,1H3/t4-,5-/m0/s1. The molecule has 0 amide bonds. The summed E-state index contributed by atoms with van der Waals surface area (Å²) in [4.78, 5) is 0. The van der Waals surface area contributed by atoms with Crippen LogP contribution in [-0.4, -0.2) is 29.5 Å². The maximum atomic E-state index is 8.45. The third-order valence-corrected chi connectivity index (χ3v) is 1.23. The van der Waals surface area contributed by atoms with Crippen LogP contribution in [0.25, 0.3) is 0 Å². The molecule has 0 saturated heterocycles. The lowest BCUT2D eigenvalue weighted by Crippen LogP contribution is -2.33. The van der Waals surface area contributed by atoms with E-state index in [1.807, 2.05) is 0 Å². The van der Waals surface area contributed by atoms with Gasteiger partial charge in [-0.15, -0.1) is 0 Å². The second-order valence-corrected chi connectivity index (χ2v) is 2.01. The second-order valence-electron chi connectivity index (χ2n) is 2.01. The Labute approximate surface area is 49.1 Å². The van der Waals surface area contributed by atoms with Crippen LogP contribution < -0.4 is 5.73 Å². The summed E-state index contributed by atoms with van der Waals surface area (Å²) in [6, 6.07) is -0.278. The van der Waals surface area contributed by atoms with Crippen molar-refractivity contribution in [3.05, 3.63) is 0 Å². The van der Waals surface area contributed by atoms with Gasteiger partial charge in [-0.25, -0.2) is 0 Å². The molecule has 0 rings (SSSR count). The maximum absolute atomic E-state index is 8.45. The van der Waals surface area contributed by atoms with Gasteiger partial charge in [0.1, 0.15) is 0 Å². The summed E-state index contributed by atoms with van der Waals surface area (Å²) in [5.74, 6) is -0.000000000000000444. The van der Waals surface area contributed by atoms with E-state index in [1.54, 1.807) is 6.92 Å². The van der Waals surface area contributed by atoms with E-state index in [1.165, 1.54) is 0 Å². The van der Waals surface area contributed by atoms with Crippen LogP contribution >= 0.6 is 0 Å². The predicted molar refractivity (Wildman–Crippen MR) is 31.3 cm³/mol. The number of aliphatic hydroxyl groups is 2. The fourth-order valence-electron chi connectivity index (χ4n) is 0.315. The Morgan fingerprint density at radius 3 is 2.00 bits per heavy atom. The highest BCUT2D eigenvalue weighted by Crippen LogP contribution is 1.95. The van der Waals surface area contributed by atoms with E-state index < -0.39 is 0 Å². The van der Waals surface area contributed by atoms with E-state index in [0.29, 0.717) is 0 Å². The van der Waals surface area contributed by atoms with Crippen LogP contribution in [0.1, 0.15) is 6.92 Å². The van der Waals surface area contributed by atoms with Gasteiger partial charge in [-0.1, -0.05) is 6.92 Å². The molecule has 0 aliphatic carbocycles. The fraction of sp³-hybridized carbons (Fsp3) is 1.00. The molecule has 2 atom stereocenters. The van der Waals surface area contributed by atoms with Crippen LogP contribution in [0.2, 0.25) is 0 Å². The molecular weight excluding hydrogens is 106 g/mol. The van der Waals surface area contributed by atoms with Crippen molar-refractivity contribution in [2.45, 2.75) is 13.0 Å². The first-order valence-corrected chi connectivity index (χ1v) is 2.69. The third kappa shape index (κ3) is 2.26. The van der Waals surface area contributed by atoms with Gasteiger partial charge in [-0.3, -0.25) is 0 Å². The van der Waals surface area contributed by atoms with Gasteiger partial charge in [0.05, 0.1) is 6.61 Å². The average Bonchev–Trinajstić information content (AvgIpc) is 1.84. The number of rotatable bonds is 3. The Bertz CT molecular complexity index is 50.4. The molecule has 3 nitrogen and oxygen atoms in total. The fourth-order valence-corrected chi connectivity index (χ4v) is 0.315. The molecule has 0 aliphatic heterocycles. The highest BCUT2D eigenvalue weighted by molar-refractivity contribution is 4.65. The normalized spacial score (nSPS) is 18.0. The molecule has 0 aromatic heterocycles. The second kappa shape index (κ2) is 3.83. The first-order valence-electron chi connectivity index (χ1n) is 2.69. The topological polar surface area (TPSA) is 66.5 Å². The SMILES string of the molecule is C[C@@H](CO)[C@@H](N)CO. The number of hydrogen-bond donors (Lipinski definition) is 3. The van der Waals surface area contributed by atoms with E-state index in [9.17, 15) is 0 Å². The van der Waals surface area contributed by atoms with Crippen LogP contribution in [0, 0.1) is 5.92 Å². The van der Waals surface area contributed by atoms with Crippen molar-refractivity contribution in [3.63, 3.8) is 0 Å². The van der Waals surface area contributed by atoms with E-state index in [4.69, 9.17) is 15.9 Å². The van der Waals surface area contributed by atoms with Crippen molar-refractivity contribution in [1.82, 2.24) is 0 Å². The van der Waals surface area contributed by atoms with Crippen molar-refractivity contribution < 1.29 is 10.2 Å². The number of nitrogens with two attached hydrogens (primary N) is 1. The Morgan fingerprint density at radius 1 is 1.38 bits per heavy atom. The molecule has 0 radical (unpaired) electrons. The quantitative estimate of drug-likeness (QED) is 0.443. The van der Waals surface area contributed by atoms with Gasteiger partial charge in [0.15, 0.2) is 0 Å². The van der Waals surface area contributed by atoms with Gasteiger partial charge in [0.2, 0.25) is 0 Å². The smallest absolute Gasteiger partial charge is 0.0586 e. The van der Waals surface area contributed by atoms with Gasteiger partial charge < -0.3 is 15.9 Å². The molecule has 4 N–H and O–H groups in total. The van der Waals surface area contributed by atoms with Crippen molar-refractivity contribution >= 4 is 0 Å². The molecule has 50 valence electrons. The van der Waals surface area contributed by atoms with Gasteiger partial charge >= 0.3 is 0 Å². The Hall–Kier alpha value is -0.120. The monoisotopic (exact) mass is 119 g/mol. The molecule has 3 heteroatoms. The lowest BCUT2D eigenvalue weighted by atomic mass is 10.1. The first-order chi connectivity index (χ1) is 3.72. The molecule has 8 heavy (non-hydrogen) atoms. The summed E-state index contributed by atoms with van der Waals surface area (Å²) in [6.07, 6.45) is 0. The van der Waals surface area contributed by atoms with Crippen molar-refractivity contribution in [2.75, 3.05) is 13.2 Å². The molecule has 0 spiro atoms. The molecule has 0 aromatic rings. The molecular formula is C5H13NO2. The number of aliphatic hydroxyl groups excluding tert-OH is 2. The summed E-state index contributed by atoms with van der Waals surface area (Å²) < 4.78 is 0. The van der Waals surface area contributed by atoms with E-state index in [2.05, 4.69) is 0 Å². The first kappa shape index (κ1) is 7.88. The highest BCUT2D eigenvalue weighted by Gasteiger charge is 2.08. The minimum absolute atomic E-state index is 0.000000000000000444. The molecule has 0 heterocycles. The van der Waals surface area contributed by atoms with E-state index in [0.717, 1.165) is 0 Å². The zero-order valence-corrected chi connectivity index (χ0v) is 5.04. The summed E-state index contributed by atoms with van der Waals surface area (Å²) in [7, 11) is 0. The predicted octanol–water partition coefficient (Wildman–Crippen LogP) is -1.07. The highest BCUT2D eigenvalue weighted by atomic mass is 16.3. The van der Waals surface area contributed by atoms with Gasteiger partial charge in [-0.05, 0) is 5.92 Å². The summed E-state index contributed by atoms with van der Waals surface area (Å²) in [6.45, 7) is 1.78. The maximum Gasteiger partial charge on any atom is 0.0586 e. The van der Waals surface area contributed by atoms with Crippen LogP contribution in [0.3, 0.4) is 0 Å². The Balaban J connectivity index is 3.29. The van der Waals surface area contributed by atoms with Gasteiger partial charge in [0, 0.05) is 12.6 Å². The lowest BCUT2D eigenvalue weighted by Gasteiger charge is -2.13. The summed E-state index contributed by atoms with van der Waals surface area (Å²) in [5.41, 5.74) is 5.32. The van der Waals surface area contributed by atoms with Crippen LogP contribution in [0.15, 0.2) is 0 Å². The van der Waals surface area contributed by atoms with Gasteiger partial charge in [-0.2, -0.15) is 0 Å². The average molecular weight is 119 g/mol. The number of hydrogen-bond acceptors (Lipinski definition) is 3. The van der Waals surface area contributed by atoms with Gasteiger partial charge in [0.25, 0.3) is 0 Å². The van der Waals surface area contributed by atoms with Crippen LogP contribution in [0.5, 0.6) is 0 Å². The van der Waals surface area contributed by atoms with Crippen LogP contribution in [-0.2, 0) is 0 Å².